The number of hydrogen-bond acceptors (Lipinski definition) is 4. The van der Waals surface area contributed by atoms with Crippen LogP contribution in [0.3, 0.4) is 0 Å². The van der Waals surface area contributed by atoms with Crippen LogP contribution >= 0.6 is 0 Å². The molecule has 1 saturated heterocycles. The first-order chi connectivity index (χ1) is 10.2. The fraction of sp³-hybridized carbons (Fsp3) is 0.533. The van der Waals surface area contributed by atoms with Gasteiger partial charge in [0.15, 0.2) is 5.76 Å². The summed E-state index contributed by atoms with van der Waals surface area (Å²) in [5, 5.41) is 8.30. The monoisotopic (exact) mass is 288 g/mol. The smallest absolute Gasteiger partial charge is 0.289 e. The first-order valence-corrected chi connectivity index (χ1v) is 7.39. The quantitative estimate of drug-likeness (QED) is 0.870. The molecule has 1 fully saturated rings. The third-order valence-corrected chi connectivity index (χ3v) is 4.04. The lowest BCUT2D eigenvalue weighted by Gasteiger charge is -2.31. The van der Waals surface area contributed by atoms with Crippen molar-refractivity contribution in [1.29, 1.82) is 0 Å². The lowest BCUT2D eigenvalue weighted by atomic mass is 9.95. The fourth-order valence-corrected chi connectivity index (χ4v) is 2.84. The summed E-state index contributed by atoms with van der Waals surface area (Å²) >= 11 is 0. The topological polar surface area (TPSA) is 64.2 Å². The van der Waals surface area contributed by atoms with Crippen molar-refractivity contribution in [2.24, 2.45) is 0 Å². The molecular weight excluding hydrogens is 268 g/mol. The highest BCUT2D eigenvalue weighted by atomic mass is 16.3. The number of rotatable bonds is 3. The number of hydrogen-bond donors (Lipinski definition) is 0. The molecule has 0 aliphatic carbocycles. The normalized spacial score (nSPS) is 16.6. The Kier molecular flexibility index (Phi) is 3.77. The molecule has 21 heavy (non-hydrogen) atoms. The standard InChI is InChI=1S/C15H20N4O2/c1-11(2)19-10-16-17-14(19)12-5-7-18(8-6-12)15(20)13-4-3-9-21-13/h3-4,9-12H,5-8H2,1-2H3. The molecule has 0 atom stereocenters. The van der Waals surface area contributed by atoms with E-state index in [0.29, 0.717) is 17.7 Å². The Morgan fingerprint density at radius 1 is 1.38 bits per heavy atom. The molecule has 0 bridgehead atoms. The zero-order valence-electron chi connectivity index (χ0n) is 12.4. The Hall–Kier alpha value is -2.11. The molecule has 2 aromatic rings. The third kappa shape index (κ3) is 2.70. The number of carbonyl (C=O) groups excluding carboxylic acids is 1. The molecule has 1 aliphatic heterocycles. The van der Waals surface area contributed by atoms with E-state index in [4.69, 9.17) is 4.42 Å². The maximum Gasteiger partial charge on any atom is 0.289 e. The summed E-state index contributed by atoms with van der Waals surface area (Å²) in [5.74, 6) is 1.80. The number of likely N-dealkylation sites (tertiary alicyclic amines) is 1. The number of carbonyl (C=O) groups is 1. The Balaban J connectivity index is 1.65. The van der Waals surface area contributed by atoms with Gasteiger partial charge in [-0.2, -0.15) is 0 Å². The van der Waals surface area contributed by atoms with Crippen LogP contribution in [0.15, 0.2) is 29.1 Å². The molecule has 1 amide bonds. The second kappa shape index (κ2) is 5.71. The van der Waals surface area contributed by atoms with Crippen molar-refractivity contribution < 1.29 is 9.21 Å². The van der Waals surface area contributed by atoms with Gasteiger partial charge in [-0.15, -0.1) is 10.2 Å². The van der Waals surface area contributed by atoms with Crippen molar-refractivity contribution in [2.45, 2.75) is 38.6 Å². The molecule has 6 heteroatoms. The van der Waals surface area contributed by atoms with Gasteiger partial charge in [-0.3, -0.25) is 4.79 Å². The van der Waals surface area contributed by atoms with Crippen LogP contribution in [-0.4, -0.2) is 38.7 Å². The van der Waals surface area contributed by atoms with Crippen LogP contribution < -0.4 is 0 Å². The fourth-order valence-electron chi connectivity index (χ4n) is 2.84. The van der Waals surface area contributed by atoms with E-state index < -0.39 is 0 Å². The molecule has 3 rings (SSSR count). The van der Waals surface area contributed by atoms with Crippen molar-refractivity contribution in [3.8, 4) is 0 Å². The minimum Gasteiger partial charge on any atom is -0.459 e. The van der Waals surface area contributed by atoms with Gasteiger partial charge in [-0.25, -0.2) is 0 Å². The molecule has 1 aliphatic rings. The van der Waals surface area contributed by atoms with Gasteiger partial charge in [0, 0.05) is 25.0 Å². The van der Waals surface area contributed by atoms with Gasteiger partial charge in [-0.05, 0) is 38.8 Å². The van der Waals surface area contributed by atoms with Gasteiger partial charge >= 0.3 is 0 Å². The molecule has 0 N–H and O–H groups in total. The van der Waals surface area contributed by atoms with E-state index >= 15 is 0 Å². The first kappa shape index (κ1) is 13.9. The maximum absolute atomic E-state index is 12.2. The maximum atomic E-state index is 12.2. The van der Waals surface area contributed by atoms with Crippen molar-refractivity contribution >= 4 is 5.91 Å². The van der Waals surface area contributed by atoms with Gasteiger partial charge < -0.3 is 13.9 Å². The summed E-state index contributed by atoms with van der Waals surface area (Å²) in [4.78, 5) is 14.1. The van der Waals surface area contributed by atoms with Gasteiger partial charge in [-0.1, -0.05) is 0 Å². The van der Waals surface area contributed by atoms with E-state index in [2.05, 4.69) is 28.6 Å². The second-order valence-electron chi connectivity index (χ2n) is 5.73. The third-order valence-electron chi connectivity index (χ3n) is 4.04. The first-order valence-electron chi connectivity index (χ1n) is 7.39. The lowest BCUT2D eigenvalue weighted by molar-refractivity contribution is 0.0678. The highest BCUT2D eigenvalue weighted by molar-refractivity contribution is 5.91. The molecule has 0 unspecified atom stereocenters. The van der Waals surface area contributed by atoms with E-state index in [-0.39, 0.29) is 5.91 Å². The molecule has 0 aromatic carbocycles. The molecule has 0 saturated carbocycles. The van der Waals surface area contributed by atoms with E-state index in [1.807, 2.05) is 4.90 Å². The van der Waals surface area contributed by atoms with Crippen molar-refractivity contribution in [2.75, 3.05) is 13.1 Å². The predicted molar refractivity (Wildman–Crippen MR) is 77.0 cm³/mol. The van der Waals surface area contributed by atoms with Gasteiger partial charge in [0.25, 0.3) is 5.91 Å². The number of amides is 1. The van der Waals surface area contributed by atoms with Crippen LogP contribution in [0.2, 0.25) is 0 Å². The number of furan rings is 1. The molecule has 3 heterocycles. The predicted octanol–water partition coefficient (Wildman–Crippen LogP) is 2.47. The number of nitrogens with zero attached hydrogens (tertiary/aromatic N) is 4. The number of piperidine rings is 1. The molecule has 2 aromatic heterocycles. The Morgan fingerprint density at radius 3 is 2.76 bits per heavy atom. The molecular formula is C15H20N4O2. The lowest BCUT2D eigenvalue weighted by Crippen LogP contribution is -2.38. The van der Waals surface area contributed by atoms with Gasteiger partial charge in [0.2, 0.25) is 0 Å². The average molecular weight is 288 g/mol. The van der Waals surface area contributed by atoms with Gasteiger partial charge in [0.05, 0.1) is 6.26 Å². The molecule has 112 valence electrons. The summed E-state index contributed by atoms with van der Waals surface area (Å²) in [6.07, 6.45) is 5.15. The summed E-state index contributed by atoms with van der Waals surface area (Å²) in [6, 6.07) is 3.81. The van der Waals surface area contributed by atoms with Gasteiger partial charge in [0.1, 0.15) is 12.2 Å². The molecule has 6 nitrogen and oxygen atoms in total. The Bertz CT molecular complexity index is 595. The average Bonchev–Trinajstić information content (AvgIpc) is 3.18. The van der Waals surface area contributed by atoms with Crippen LogP contribution in [0.1, 0.15) is 55.0 Å². The highest BCUT2D eigenvalue weighted by Crippen LogP contribution is 2.28. The highest BCUT2D eigenvalue weighted by Gasteiger charge is 2.28. The summed E-state index contributed by atoms with van der Waals surface area (Å²) in [7, 11) is 0. The van der Waals surface area contributed by atoms with Crippen molar-refractivity contribution in [3.05, 3.63) is 36.3 Å². The second-order valence-corrected chi connectivity index (χ2v) is 5.73. The zero-order chi connectivity index (χ0) is 14.8. The summed E-state index contributed by atoms with van der Waals surface area (Å²) < 4.78 is 7.30. The van der Waals surface area contributed by atoms with Crippen molar-refractivity contribution in [1.82, 2.24) is 19.7 Å². The zero-order valence-corrected chi connectivity index (χ0v) is 12.4. The molecule has 0 radical (unpaired) electrons. The van der Waals surface area contributed by atoms with Crippen LogP contribution in [0.5, 0.6) is 0 Å². The minimum absolute atomic E-state index is 0.0243. The summed E-state index contributed by atoms with van der Waals surface area (Å²) in [5.41, 5.74) is 0. The Labute approximate surface area is 123 Å². The van der Waals surface area contributed by atoms with E-state index in [9.17, 15) is 4.79 Å². The van der Waals surface area contributed by atoms with Crippen LogP contribution in [-0.2, 0) is 0 Å². The van der Waals surface area contributed by atoms with E-state index in [1.54, 1.807) is 18.5 Å². The Morgan fingerprint density at radius 2 is 2.14 bits per heavy atom. The SMILES string of the molecule is CC(C)n1cnnc1C1CCN(C(=O)c2ccco2)CC1. The van der Waals surface area contributed by atoms with E-state index in [1.165, 1.54) is 6.26 Å². The van der Waals surface area contributed by atoms with E-state index in [0.717, 1.165) is 31.8 Å². The minimum atomic E-state index is -0.0243. The van der Waals surface area contributed by atoms with Crippen LogP contribution in [0.25, 0.3) is 0 Å². The van der Waals surface area contributed by atoms with Crippen molar-refractivity contribution in [3.63, 3.8) is 0 Å². The van der Waals surface area contributed by atoms with Crippen LogP contribution in [0.4, 0.5) is 0 Å². The number of aromatic nitrogens is 3. The molecule has 0 spiro atoms. The summed E-state index contributed by atoms with van der Waals surface area (Å²) in [6.45, 7) is 5.72. The van der Waals surface area contributed by atoms with Crippen LogP contribution in [0, 0.1) is 0 Å². The largest absolute Gasteiger partial charge is 0.459 e.